The molecule has 1 N–H and O–H groups in total. The van der Waals surface area contributed by atoms with Crippen LogP contribution in [0.5, 0.6) is 0 Å². The van der Waals surface area contributed by atoms with E-state index in [1.807, 2.05) is 37.3 Å². The Morgan fingerprint density at radius 2 is 1.78 bits per heavy atom. The molecule has 0 saturated heterocycles. The second kappa shape index (κ2) is 9.73. The topological polar surface area (TPSA) is 72.5 Å². The van der Waals surface area contributed by atoms with Gasteiger partial charge in [-0.2, -0.15) is 4.72 Å². The molecular formula is C20H23NO4S2. The number of carbonyl (C=O) groups excluding carboxylic acids is 1. The van der Waals surface area contributed by atoms with Crippen LogP contribution in [-0.2, 0) is 19.6 Å². The van der Waals surface area contributed by atoms with Crippen molar-refractivity contribution >= 4 is 27.8 Å². The molecule has 0 amide bonds. The SMILES string of the molecule is C=C(C[C@H](NS(=O)(=O)c1ccc(C)cc1)C(=O)OCC)Sc1ccccc1. The summed E-state index contributed by atoms with van der Waals surface area (Å²) >= 11 is 1.39. The second-order valence-electron chi connectivity index (χ2n) is 5.90. The van der Waals surface area contributed by atoms with Crippen molar-refractivity contribution in [1.82, 2.24) is 4.72 Å². The predicted molar refractivity (Wildman–Crippen MR) is 108 cm³/mol. The zero-order chi connectivity index (χ0) is 19.9. The summed E-state index contributed by atoms with van der Waals surface area (Å²) in [5, 5.41) is 0. The maximum Gasteiger partial charge on any atom is 0.324 e. The van der Waals surface area contributed by atoms with E-state index in [1.54, 1.807) is 19.1 Å². The van der Waals surface area contributed by atoms with Gasteiger partial charge in [-0.1, -0.05) is 54.2 Å². The van der Waals surface area contributed by atoms with E-state index in [1.165, 1.54) is 23.9 Å². The van der Waals surface area contributed by atoms with Gasteiger partial charge in [0.15, 0.2) is 0 Å². The number of ether oxygens (including phenoxy) is 1. The Morgan fingerprint density at radius 3 is 2.37 bits per heavy atom. The smallest absolute Gasteiger partial charge is 0.324 e. The zero-order valence-electron chi connectivity index (χ0n) is 15.3. The molecule has 0 saturated carbocycles. The summed E-state index contributed by atoms with van der Waals surface area (Å²) in [6.45, 7) is 7.68. The maximum absolute atomic E-state index is 12.6. The molecule has 2 rings (SSSR count). The molecule has 0 heterocycles. The lowest BCUT2D eigenvalue weighted by Crippen LogP contribution is -2.41. The van der Waals surface area contributed by atoms with Crippen LogP contribution < -0.4 is 4.72 Å². The lowest BCUT2D eigenvalue weighted by atomic mass is 10.2. The predicted octanol–water partition coefficient (Wildman–Crippen LogP) is 3.90. The van der Waals surface area contributed by atoms with Gasteiger partial charge in [0.05, 0.1) is 11.5 Å². The highest BCUT2D eigenvalue weighted by atomic mass is 32.2. The number of sulfonamides is 1. The Bertz CT molecular complexity index is 878. The van der Waals surface area contributed by atoms with Crippen molar-refractivity contribution in [2.24, 2.45) is 0 Å². The largest absolute Gasteiger partial charge is 0.465 e. The highest BCUT2D eigenvalue weighted by Crippen LogP contribution is 2.28. The summed E-state index contributed by atoms with van der Waals surface area (Å²) in [6, 6.07) is 14.9. The van der Waals surface area contributed by atoms with Crippen LogP contribution in [0.1, 0.15) is 18.9 Å². The molecule has 0 aliphatic rings. The van der Waals surface area contributed by atoms with E-state index in [-0.39, 0.29) is 17.9 Å². The van der Waals surface area contributed by atoms with Crippen LogP contribution in [0, 0.1) is 6.92 Å². The van der Waals surface area contributed by atoms with Gasteiger partial charge in [-0.3, -0.25) is 4.79 Å². The van der Waals surface area contributed by atoms with Crippen molar-refractivity contribution in [1.29, 1.82) is 0 Å². The first-order chi connectivity index (χ1) is 12.8. The van der Waals surface area contributed by atoms with Gasteiger partial charge in [0.1, 0.15) is 6.04 Å². The number of aryl methyl sites for hydroxylation is 1. The first kappa shape index (κ1) is 21.2. The molecule has 144 valence electrons. The van der Waals surface area contributed by atoms with Gasteiger partial charge in [-0.25, -0.2) is 8.42 Å². The molecule has 0 aliphatic heterocycles. The summed E-state index contributed by atoms with van der Waals surface area (Å²) in [7, 11) is -3.86. The van der Waals surface area contributed by atoms with Gasteiger partial charge >= 0.3 is 5.97 Å². The molecule has 0 unspecified atom stereocenters. The van der Waals surface area contributed by atoms with E-state index < -0.39 is 22.0 Å². The van der Waals surface area contributed by atoms with Crippen LogP contribution in [0.4, 0.5) is 0 Å². The van der Waals surface area contributed by atoms with Crippen LogP contribution in [-0.4, -0.2) is 27.0 Å². The van der Waals surface area contributed by atoms with Crippen LogP contribution in [0.15, 0.2) is 75.9 Å². The normalized spacial score (nSPS) is 12.4. The van der Waals surface area contributed by atoms with Crippen molar-refractivity contribution in [3.63, 3.8) is 0 Å². The minimum absolute atomic E-state index is 0.101. The molecule has 27 heavy (non-hydrogen) atoms. The average molecular weight is 406 g/mol. The van der Waals surface area contributed by atoms with E-state index in [0.29, 0.717) is 4.91 Å². The summed E-state index contributed by atoms with van der Waals surface area (Å²) in [5.74, 6) is -0.622. The summed E-state index contributed by atoms with van der Waals surface area (Å²) in [4.78, 5) is 14.0. The number of thioether (sulfide) groups is 1. The standard InChI is InChI=1S/C20H23NO4S2/c1-4-25-20(22)19(14-16(3)26-17-8-6-5-7-9-17)21-27(23,24)18-12-10-15(2)11-13-18/h5-13,19,21H,3-4,14H2,1-2H3/t19-/m0/s1. The lowest BCUT2D eigenvalue weighted by molar-refractivity contribution is -0.145. The number of esters is 1. The van der Waals surface area contributed by atoms with E-state index in [4.69, 9.17) is 4.74 Å². The molecule has 1 atom stereocenters. The van der Waals surface area contributed by atoms with Crippen molar-refractivity contribution < 1.29 is 17.9 Å². The Morgan fingerprint density at radius 1 is 1.15 bits per heavy atom. The summed E-state index contributed by atoms with van der Waals surface area (Å²) in [6.07, 6.45) is 0.128. The van der Waals surface area contributed by atoms with Crippen LogP contribution in [0.3, 0.4) is 0 Å². The zero-order valence-corrected chi connectivity index (χ0v) is 17.0. The van der Waals surface area contributed by atoms with Crippen molar-refractivity contribution in [2.75, 3.05) is 6.61 Å². The number of benzene rings is 2. The second-order valence-corrected chi connectivity index (χ2v) is 8.86. The van der Waals surface area contributed by atoms with Crippen molar-refractivity contribution in [3.8, 4) is 0 Å². The van der Waals surface area contributed by atoms with E-state index in [9.17, 15) is 13.2 Å². The minimum Gasteiger partial charge on any atom is -0.465 e. The third kappa shape index (κ3) is 6.53. The van der Waals surface area contributed by atoms with E-state index in [0.717, 1.165) is 10.5 Å². The average Bonchev–Trinajstić information content (AvgIpc) is 2.62. The number of rotatable bonds is 9. The van der Waals surface area contributed by atoms with Gasteiger partial charge in [0, 0.05) is 11.3 Å². The van der Waals surface area contributed by atoms with Gasteiger partial charge in [-0.15, -0.1) is 0 Å². The molecular weight excluding hydrogens is 382 g/mol. The van der Waals surface area contributed by atoms with Crippen LogP contribution in [0.2, 0.25) is 0 Å². The fourth-order valence-electron chi connectivity index (χ4n) is 2.31. The molecule has 2 aromatic carbocycles. The van der Waals surface area contributed by atoms with Gasteiger partial charge < -0.3 is 4.74 Å². The minimum atomic E-state index is -3.86. The summed E-state index contributed by atoms with van der Waals surface area (Å²) in [5.41, 5.74) is 0.948. The molecule has 0 aromatic heterocycles. The monoisotopic (exact) mass is 405 g/mol. The molecule has 0 radical (unpaired) electrons. The Balaban J connectivity index is 2.15. The number of hydrogen-bond donors (Lipinski definition) is 1. The fourth-order valence-corrected chi connectivity index (χ4v) is 4.37. The first-order valence-electron chi connectivity index (χ1n) is 8.48. The van der Waals surface area contributed by atoms with E-state index >= 15 is 0 Å². The lowest BCUT2D eigenvalue weighted by Gasteiger charge is -2.18. The van der Waals surface area contributed by atoms with Gasteiger partial charge in [0.2, 0.25) is 10.0 Å². The molecule has 7 heteroatoms. The van der Waals surface area contributed by atoms with Crippen molar-refractivity contribution in [2.45, 2.75) is 36.1 Å². The molecule has 2 aromatic rings. The molecule has 0 spiro atoms. The van der Waals surface area contributed by atoms with Crippen LogP contribution >= 0.6 is 11.8 Å². The van der Waals surface area contributed by atoms with Gasteiger partial charge in [0.25, 0.3) is 0 Å². The molecule has 5 nitrogen and oxygen atoms in total. The molecule has 0 aliphatic carbocycles. The Labute approximate surface area is 164 Å². The Hall–Kier alpha value is -2.09. The quantitative estimate of drug-likeness (QED) is 0.506. The number of nitrogens with one attached hydrogen (secondary N) is 1. The summed E-state index contributed by atoms with van der Waals surface area (Å²) < 4.78 is 32.8. The van der Waals surface area contributed by atoms with Gasteiger partial charge in [-0.05, 0) is 43.0 Å². The van der Waals surface area contributed by atoms with Crippen molar-refractivity contribution in [3.05, 3.63) is 71.6 Å². The first-order valence-corrected chi connectivity index (χ1v) is 10.8. The third-order valence-corrected chi connectivity index (χ3v) is 6.09. The highest BCUT2D eigenvalue weighted by Gasteiger charge is 2.27. The fraction of sp³-hybridized carbons (Fsp3) is 0.250. The molecule has 0 bridgehead atoms. The van der Waals surface area contributed by atoms with Crippen LogP contribution in [0.25, 0.3) is 0 Å². The highest BCUT2D eigenvalue weighted by molar-refractivity contribution is 8.03. The maximum atomic E-state index is 12.6. The Kier molecular flexibility index (Phi) is 7.65. The third-order valence-electron chi connectivity index (χ3n) is 3.64. The van der Waals surface area contributed by atoms with E-state index in [2.05, 4.69) is 11.3 Å². The molecule has 0 fully saturated rings. The number of hydrogen-bond acceptors (Lipinski definition) is 5. The number of carbonyl (C=O) groups is 1.